The fourth-order valence-electron chi connectivity index (χ4n) is 2.19. The number of hydrogen-bond acceptors (Lipinski definition) is 5. The summed E-state index contributed by atoms with van der Waals surface area (Å²) in [5.41, 5.74) is 5.26. The molecule has 2 atom stereocenters. The van der Waals surface area contributed by atoms with Crippen LogP contribution >= 0.6 is 11.8 Å². The number of carbonyl (C=O) groups is 1. The van der Waals surface area contributed by atoms with E-state index < -0.39 is 5.54 Å². The molecule has 1 aliphatic rings. The van der Waals surface area contributed by atoms with Gasteiger partial charge >= 0.3 is 5.97 Å². The summed E-state index contributed by atoms with van der Waals surface area (Å²) < 4.78 is 10.0. The molecule has 1 saturated carbocycles. The van der Waals surface area contributed by atoms with E-state index in [9.17, 15) is 4.79 Å². The number of rotatable bonds is 3. The van der Waals surface area contributed by atoms with E-state index in [1.807, 2.05) is 13.0 Å². The van der Waals surface area contributed by atoms with Crippen molar-refractivity contribution in [3.05, 3.63) is 18.1 Å². The van der Waals surface area contributed by atoms with Crippen LogP contribution in [0.5, 0.6) is 0 Å². The molecule has 0 radical (unpaired) electrons. The van der Waals surface area contributed by atoms with E-state index in [0.717, 1.165) is 17.1 Å². The van der Waals surface area contributed by atoms with Crippen molar-refractivity contribution < 1.29 is 13.9 Å². The quantitative estimate of drug-likeness (QED) is 0.838. The summed E-state index contributed by atoms with van der Waals surface area (Å²) in [6.45, 7) is 1.94. The Morgan fingerprint density at radius 2 is 2.47 bits per heavy atom. The minimum Gasteiger partial charge on any atom is -0.468 e. The Hall–Kier alpha value is -0.940. The van der Waals surface area contributed by atoms with Gasteiger partial charge in [0.15, 0.2) is 0 Å². The molecule has 1 aromatic heterocycles. The molecule has 94 valence electrons. The molecule has 1 aliphatic carbocycles. The zero-order chi connectivity index (χ0) is 12.5. The summed E-state index contributed by atoms with van der Waals surface area (Å²) in [4.78, 5) is 12.7. The van der Waals surface area contributed by atoms with Gasteiger partial charge in [0.2, 0.25) is 0 Å². The first-order chi connectivity index (χ1) is 8.05. The smallest absolute Gasteiger partial charge is 0.325 e. The maximum atomic E-state index is 11.6. The predicted octanol–water partition coefficient (Wildman–Crippen LogP) is 2.10. The van der Waals surface area contributed by atoms with Crippen molar-refractivity contribution >= 4 is 17.7 Å². The molecule has 0 aromatic carbocycles. The molecule has 4 nitrogen and oxygen atoms in total. The van der Waals surface area contributed by atoms with Crippen molar-refractivity contribution in [1.29, 1.82) is 0 Å². The summed E-state index contributed by atoms with van der Waals surface area (Å²) in [5, 5.41) is 0.357. The molecule has 0 saturated heterocycles. The van der Waals surface area contributed by atoms with Crippen molar-refractivity contribution in [3.8, 4) is 0 Å². The van der Waals surface area contributed by atoms with E-state index in [2.05, 4.69) is 0 Å². The fraction of sp³-hybridized carbons (Fsp3) is 0.583. The number of hydrogen-bond donors (Lipinski definition) is 1. The average molecular weight is 255 g/mol. The van der Waals surface area contributed by atoms with Gasteiger partial charge in [0, 0.05) is 10.1 Å². The third-order valence-electron chi connectivity index (χ3n) is 3.20. The first-order valence-corrected chi connectivity index (χ1v) is 6.51. The van der Waals surface area contributed by atoms with Crippen LogP contribution in [0.3, 0.4) is 0 Å². The molecule has 0 bridgehead atoms. The second-order valence-electron chi connectivity index (χ2n) is 4.47. The van der Waals surface area contributed by atoms with Crippen LogP contribution in [0.2, 0.25) is 0 Å². The van der Waals surface area contributed by atoms with Crippen LogP contribution in [0.4, 0.5) is 0 Å². The maximum absolute atomic E-state index is 11.6. The van der Waals surface area contributed by atoms with Gasteiger partial charge in [-0.3, -0.25) is 4.79 Å². The van der Waals surface area contributed by atoms with Gasteiger partial charge in [-0.05, 0) is 32.3 Å². The molecule has 17 heavy (non-hydrogen) atoms. The highest BCUT2D eigenvalue weighted by molar-refractivity contribution is 8.00. The monoisotopic (exact) mass is 255 g/mol. The lowest BCUT2D eigenvalue weighted by Gasteiger charge is -2.20. The molecule has 2 unspecified atom stereocenters. The molecule has 1 fully saturated rings. The highest BCUT2D eigenvalue weighted by atomic mass is 32.2. The maximum Gasteiger partial charge on any atom is 0.325 e. The molecule has 2 N–H and O–H groups in total. The molecule has 0 amide bonds. The number of carbonyl (C=O) groups excluding carboxylic acids is 1. The van der Waals surface area contributed by atoms with Gasteiger partial charge < -0.3 is 14.9 Å². The second kappa shape index (κ2) is 4.74. The van der Waals surface area contributed by atoms with Gasteiger partial charge in [-0.15, -0.1) is 11.8 Å². The molecular formula is C12H17NO3S. The van der Waals surface area contributed by atoms with Crippen LogP contribution in [0.25, 0.3) is 0 Å². The van der Waals surface area contributed by atoms with Gasteiger partial charge in [-0.1, -0.05) is 0 Å². The number of methoxy groups -OCH3 is 1. The molecule has 2 rings (SSSR count). The Morgan fingerprint density at radius 3 is 3.06 bits per heavy atom. The number of aryl methyl sites for hydroxylation is 1. The number of thioether (sulfide) groups is 1. The predicted molar refractivity (Wildman–Crippen MR) is 65.9 cm³/mol. The Balaban J connectivity index is 1.99. The molecular weight excluding hydrogens is 238 g/mol. The topological polar surface area (TPSA) is 65.5 Å². The van der Waals surface area contributed by atoms with Crippen LogP contribution in [-0.4, -0.2) is 23.9 Å². The molecule has 0 spiro atoms. The van der Waals surface area contributed by atoms with Crippen molar-refractivity contribution in [2.24, 2.45) is 5.73 Å². The Labute approximate surface area is 105 Å². The van der Waals surface area contributed by atoms with Crippen LogP contribution < -0.4 is 5.73 Å². The third kappa shape index (κ3) is 2.50. The van der Waals surface area contributed by atoms with Crippen LogP contribution in [0.1, 0.15) is 25.0 Å². The Morgan fingerprint density at radius 1 is 1.71 bits per heavy atom. The van der Waals surface area contributed by atoms with Gasteiger partial charge in [0.1, 0.15) is 11.3 Å². The Bertz CT molecular complexity index is 418. The van der Waals surface area contributed by atoms with Gasteiger partial charge in [0.25, 0.3) is 0 Å². The second-order valence-corrected chi connectivity index (χ2v) is 5.81. The third-order valence-corrected chi connectivity index (χ3v) is 4.61. The van der Waals surface area contributed by atoms with Gasteiger partial charge in [0.05, 0.1) is 13.4 Å². The summed E-state index contributed by atoms with van der Waals surface area (Å²) >= 11 is 1.73. The Kier molecular flexibility index (Phi) is 3.49. The first-order valence-electron chi connectivity index (χ1n) is 5.63. The highest BCUT2D eigenvalue weighted by Crippen LogP contribution is 2.40. The van der Waals surface area contributed by atoms with E-state index in [4.69, 9.17) is 14.9 Å². The zero-order valence-corrected chi connectivity index (χ0v) is 10.9. The first kappa shape index (κ1) is 12.5. The van der Waals surface area contributed by atoms with Gasteiger partial charge in [-0.25, -0.2) is 0 Å². The summed E-state index contributed by atoms with van der Waals surface area (Å²) in [5.74, 6) is 0.618. The lowest BCUT2D eigenvalue weighted by molar-refractivity contribution is -0.146. The fourth-order valence-corrected chi connectivity index (χ4v) is 3.52. The van der Waals surface area contributed by atoms with Crippen molar-refractivity contribution in [1.82, 2.24) is 0 Å². The largest absolute Gasteiger partial charge is 0.468 e. The minimum absolute atomic E-state index is 0.301. The normalized spacial score (nSPS) is 28.3. The molecule has 1 aromatic rings. The number of nitrogens with two attached hydrogens (primary N) is 1. The summed E-state index contributed by atoms with van der Waals surface area (Å²) in [6, 6.07) is 1.95. The number of ether oxygens (including phenoxy) is 1. The van der Waals surface area contributed by atoms with E-state index in [0.29, 0.717) is 18.1 Å². The van der Waals surface area contributed by atoms with Crippen molar-refractivity contribution in [2.45, 2.75) is 41.9 Å². The van der Waals surface area contributed by atoms with Gasteiger partial charge in [-0.2, -0.15) is 0 Å². The zero-order valence-electron chi connectivity index (χ0n) is 10.1. The van der Waals surface area contributed by atoms with Crippen LogP contribution in [0.15, 0.2) is 21.6 Å². The SMILES string of the molecule is COC(=O)C1(N)CCC(Sc2ccoc2C)C1. The molecule has 5 heteroatoms. The number of esters is 1. The molecule has 0 aliphatic heterocycles. The molecule has 1 heterocycles. The van der Waals surface area contributed by atoms with Crippen LogP contribution in [0, 0.1) is 6.92 Å². The van der Waals surface area contributed by atoms with Crippen molar-refractivity contribution in [3.63, 3.8) is 0 Å². The lowest BCUT2D eigenvalue weighted by Crippen LogP contribution is -2.46. The summed E-state index contributed by atoms with van der Waals surface area (Å²) in [7, 11) is 1.39. The standard InChI is InChI=1S/C12H17NO3S/c1-8-10(4-6-16-8)17-9-3-5-12(13,7-9)11(14)15-2/h4,6,9H,3,5,7,13H2,1-2H3. The average Bonchev–Trinajstić information content (AvgIpc) is 2.87. The number of furan rings is 1. The van der Waals surface area contributed by atoms with E-state index in [1.165, 1.54) is 7.11 Å². The van der Waals surface area contributed by atoms with Crippen molar-refractivity contribution in [2.75, 3.05) is 7.11 Å². The lowest BCUT2D eigenvalue weighted by atomic mass is 10.00. The van der Waals surface area contributed by atoms with E-state index >= 15 is 0 Å². The van der Waals surface area contributed by atoms with E-state index in [1.54, 1.807) is 18.0 Å². The van der Waals surface area contributed by atoms with Crippen LogP contribution in [-0.2, 0) is 9.53 Å². The highest BCUT2D eigenvalue weighted by Gasteiger charge is 2.43. The minimum atomic E-state index is -0.802. The van der Waals surface area contributed by atoms with E-state index in [-0.39, 0.29) is 5.97 Å². The summed E-state index contributed by atoms with van der Waals surface area (Å²) in [6.07, 6.45) is 3.96.